The molecular weight excluding hydrogens is 244 g/mol. The number of thioether (sulfide) groups is 1. The lowest BCUT2D eigenvalue weighted by atomic mass is 10.4. The zero-order valence-corrected chi connectivity index (χ0v) is 11.1. The van der Waals surface area contributed by atoms with Gasteiger partial charge in [-0.3, -0.25) is 9.59 Å². The maximum atomic E-state index is 10.8. The Morgan fingerprint density at radius 1 is 1.12 bits per heavy atom. The Kier molecular flexibility index (Phi) is 11.1. The first kappa shape index (κ1) is 16.2. The van der Waals surface area contributed by atoms with Gasteiger partial charge in [-0.2, -0.15) is 0 Å². The van der Waals surface area contributed by atoms with Gasteiger partial charge >= 0.3 is 0 Å². The largest absolute Gasteiger partial charge is 0.379 e. The Labute approximate surface area is 106 Å². The number of ether oxygens (including phenoxy) is 2. The molecular formula is C10H20N2O4S. The smallest absolute Gasteiger partial charge is 0.278 e. The van der Waals surface area contributed by atoms with Crippen molar-refractivity contribution in [3.05, 3.63) is 0 Å². The number of rotatable bonds is 9. The van der Waals surface area contributed by atoms with Crippen LogP contribution >= 0.6 is 11.8 Å². The first-order valence-corrected chi connectivity index (χ1v) is 6.61. The quantitative estimate of drug-likeness (QED) is 0.583. The Morgan fingerprint density at radius 3 is 2.35 bits per heavy atom. The van der Waals surface area contributed by atoms with Crippen molar-refractivity contribution < 1.29 is 19.1 Å². The van der Waals surface area contributed by atoms with E-state index in [1.807, 2.05) is 0 Å². The van der Waals surface area contributed by atoms with Gasteiger partial charge in [0.05, 0.1) is 26.4 Å². The van der Waals surface area contributed by atoms with Crippen LogP contribution in [-0.2, 0) is 14.3 Å². The van der Waals surface area contributed by atoms with Crippen LogP contribution in [0, 0.1) is 0 Å². The number of amides is 2. The lowest BCUT2D eigenvalue weighted by molar-refractivity contribution is -0.121. The van der Waals surface area contributed by atoms with E-state index in [-0.39, 0.29) is 11.1 Å². The molecule has 0 atom stereocenters. The van der Waals surface area contributed by atoms with E-state index in [2.05, 4.69) is 10.6 Å². The Balaban J connectivity index is 3.08. The van der Waals surface area contributed by atoms with E-state index in [9.17, 15) is 9.59 Å². The van der Waals surface area contributed by atoms with Crippen LogP contribution in [-0.4, -0.2) is 57.4 Å². The van der Waals surface area contributed by atoms with Crippen LogP contribution in [0.1, 0.15) is 6.42 Å². The average molecular weight is 264 g/mol. The fourth-order valence-corrected chi connectivity index (χ4v) is 1.16. The SMILES string of the molecule is CNC(=O)CCOCCOCCNC(=O)SC. The van der Waals surface area contributed by atoms with E-state index >= 15 is 0 Å². The predicted octanol–water partition coefficient (Wildman–Crippen LogP) is 0.228. The molecule has 0 rings (SSSR count). The minimum atomic E-state index is -0.0598. The van der Waals surface area contributed by atoms with Gasteiger partial charge in [0.15, 0.2) is 0 Å². The molecule has 0 saturated heterocycles. The summed E-state index contributed by atoms with van der Waals surface area (Å²) in [5.74, 6) is -0.0364. The van der Waals surface area contributed by atoms with Crippen molar-refractivity contribution in [2.75, 3.05) is 46.3 Å². The lowest BCUT2D eigenvalue weighted by Crippen LogP contribution is -2.24. The monoisotopic (exact) mass is 264 g/mol. The van der Waals surface area contributed by atoms with Crippen molar-refractivity contribution in [3.8, 4) is 0 Å². The van der Waals surface area contributed by atoms with Gasteiger partial charge in [0.1, 0.15) is 0 Å². The van der Waals surface area contributed by atoms with E-state index < -0.39 is 0 Å². The van der Waals surface area contributed by atoms with E-state index in [0.717, 1.165) is 11.8 Å². The third-order valence-corrected chi connectivity index (χ3v) is 2.34. The van der Waals surface area contributed by atoms with Crippen molar-refractivity contribution in [3.63, 3.8) is 0 Å². The molecule has 0 aromatic rings. The Hall–Kier alpha value is -0.790. The maximum absolute atomic E-state index is 10.8. The molecule has 2 amide bonds. The first-order valence-electron chi connectivity index (χ1n) is 5.38. The van der Waals surface area contributed by atoms with Gasteiger partial charge in [-0.25, -0.2) is 0 Å². The number of carbonyl (C=O) groups excluding carboxylic acids is 2. The molecule has 0 fully saturated rings. The topological polar surface area (TPSA) is 76.7 Å². The highest BCUT2D eigenvalue weighted by atomic mass is 32.2. The van der Waals surface area contributed by atoms with Gasteiger partial charge in [0, 0.05) is 20.0 Å². The summed E-state index contributed by atoms with van der Waals surface area (Å²) in [4.78, 5) is 21.6. The molecule has 100 valence electrons. The zero-order valence-electron chi connectivity index (χ0n) is 10.3. The summed E-state index contributed by atoms with van der Waals surface area (Å²) in [6, 6.07) is 0. The van der Waals surface area contributed by atoms with Gasteiger partial charge in [0.2, 0.25) is 5.91 Å². The van der Waals surface area contributed by atoms with E-state index in [1.54, 1.807) is 13.3 Å². The fourth-order valence-electron chi connectivity index (χ4n) is 0.909. The highest BCUT2D eigenvalue weighted by Crippen LogP contribution is 1.91. The molecule has 0 heterocycles. The van der Waals surface area contributed by atoms with E-state index in [1.165, 1.54) is 0 Å². The molecule has 0 aromatic heterocycles. The molecule has 2 N–H and O–H groups in total. The third kappa shape index (κ3) is 11.5. The second-order valence-electron chi connectivity index (χ2n) is 3.07. The van der Waals surface area contributed by atoms with Crippen molar-refractivity contribution in [2.45, 2.75) is 6.42 Å². The van der Waals surface area contributed by atoms with Crippen LogP contribution in [0.15, 0.2) is 0 Å². The molecule has 0 aliphatic carbocycles. The van der Waals surface area contributed by atoms with Crippen LogP contribution in [0.25, 0.3) is 0 Å². The first-order chi connectivity index (χ1) is 8.20. The minimum Gasteiger partial charge on any atom is -0.379 e. The van der Waals surface area contributed by atoms with Crippen LogP contribution < -0.4 is 10.6 Å². The maximum Gasteiger partial charge on any atom is 0.278 e. The summed E-state index contributed by atoms with van der Waals surface area (Å²) in [6.45, 7) is 2.27. The van der Waals surface area contributed by atoms with Crippen LogP contribution in [0.3, 0.4) is 0 Å². The number of carbonyl (C=O) groups is 2. The standard InChI is InChI=1S/C10H20N2O4S/c1-11-9(13)3-5-15-7-8-16-6-4-12-10(14)17-2/h3-8H2,1-2H3,(H,11,13)(H,12,14). The summed E-state index contributed by atoms with van der Waals surface area (Å²) in [6.07, 6.45) is 2.08. The van der Waals surface area contributed by atoms with Gasteiger partial charge < -0.3 is 20.1 Å². The zero-order chi connectivity index (χ0) is 12.9. The van der Waals surface area contributed by atoms with E-state index in [4.69, 9.17) is 9.47 Å². The second kappa shape index (κ2) is 11.7. The molecule has 6 nitrogen and oxygen atoms in total. The predicted molar refractivity (Wildman–Crippen MR) is 67.2 cm³/mol. The van der Waals surface area contributed by atoms with Gasteiger partial charge in [-0.15, -0.1) is 0 Å². The molecule has 0 aromatic carbocycles. The van der Waals surface area contributed by atoms with Crippen LogP contribution in [0.4, 0.5) is 4.79 Å². The Bertz CT molecular complexity index is 204. The normalized spacial score (nSPS) is 10.0. The molecule has 0 unspecified atom stereocenters. The highest BCUT2D eigenvalue weighted by molar-refractivity contribution is 8.12. The summed E-state index contributed by atoms with van der Waals surface area (Å²) in [7, 11) is 1.59. The second-order valence-corrected chi connectivity index (χ2v) is 3.85. The molecule has 0 aliphatic heterocycles. The molecule has 0 aliphatic rings. The number of nitrogens with one attached hydrogen (secondary N) is 2. The van der Waals surface area contributed by atoms with Gasteiger partial charge in [-0.05, 0) is 6.26 Å². The number of hydrogen-bond acceptors (Lipinski definition) is 5. The van der Waals surface area contributed by atoms with Crippen LogP contribution in [0.5, 0.6) is 0 Å². The minimum absolute atomic E-state index is 0.0364. The van der Waals surface area contributed by atoms with Gasteiger partial charge in [-0.1, -0.05) is 11.8 Å². The number of hydrogen-bond donors (Lipinski definition) is 2. The lowest BCUT2D eigenvalue weighted by Gasteiger charge is -2.06. The molecule has 17 heavy (non-hydrogen) atoms. The molecule has 0 bridgehead atoms. The van der Waals surface area contributed by atoms with Crippen LogP contribution in [0.2, 0.25) is 0 Å². The molecule has 0 saturated carbocycles. The fraction of sp³-hybridized carbons (Fsp3) is 0.800. The van der Waals surface area contributed by atoms with Crippen molar-refractivity contribution >= 4 is 22.9 Å². The van der Waals surface area contributed by atoms with Crippen molar-refractivity contribution in [1.29, 1.82) is 0 Å². The summed E-state index contributed by atoms with van der Waals surface area (Å²) in [5.41, 5.74) is 0. The molecule has 7 heteroatoms. The van der Waals surface area contributed by atoms with Crippen molar-refractivity contribution in [2.24, 2.45) is 0 Å². The third-order valence-electron chi connectivity index (χ3n) is 1.83. The molecule has 0 spiro atoms. The summed E-state index contributed by atoms with van der Waals surface area (Å²) < 4.78 is 10.4. The average Bonchev–Trinajstić information content (AvgIpc) is 2.35. The molecule has 0 radical (unpaired) electrons. The van der Waals surface area contributed by atoms with Crippen molar-refractivity contribution in [1.82, 2.24) is 10.6 Å². The Morgan fingerprint density at radius 2 is 1.76 bits per heavy atom. The van der Waals surface area contributed by atoms with E-state index in [0.29, 0.717) is 39.4 Å². The van der Waals surface area contributed by atoms with Gasteiger partial charge in [0.25, 0.3) is 5.24 Å². The summed E-state index contributed by atoms with van der Waals surface area (Å²) in [5, 5.41) is 5.11. The summed E-state index contributed by atoms with van der Waals surface area (Å²) >= 11 is 1.14. The highest BCUT2D eigenvalue weighted by Gasteiger charge is 1.98.